The summed E-state index contributed by atoms with van der Waals surface area (Å²) in [6, 6.07) is 0. The maximum Gasteiger partial charge on any atom is 0.306 e. The van der Waals surface area contributed by atoms with Gasteiger partial charge in [-0.2, -0.15) is 0 Å². The average molecular weight is 514 g/mol. The van der Waals surface area contributed by atoms with Gasteiger partial charge in [-0.1, -0.05) is 91.9 Å². The first-order valence-corrected chi connectivity index (χ1v) is 14.6. The Hall–Kier alpha value is -1.63. The molecule has 0 bridgehead atoms. The molecule has 0 radical (unpaired) electrons. The summed E-state index contributed by atoms with van der Waals surface area (Å²) in [5.41, 5.74) is 0. The Morgan fingerprint density at radius 1 is 0.583 bits per heavy atom. The lowest BCUT2D eigenvalue weighted by Gasteiger charge is -2.41. The molecular formula is C29H55NO6. The highest BCUT2D eigenvalue weighted by Crippen LogP contribution is 2.22. The zero-order chi connectivity index (χ0) is 27.4. The molecule has 3 unspecified atom stereocenters. The molecule has 0 aromatic rings. The second kappa shape index (κ2) is 20.4. The summed E-state index contributed by atoms with van der Waals surface area (Å²) in [7, 11) is 0. The number of hydrogen-bond donors (Lipinski definition) is 2. The van der Waals surface area contributed by atoms with E-state index in [1.165, 1.54) is 64.2 Å². The standard InChI is InChI=1S/C29H55NO6/c1-5-6-7-8-9-10-11-12-13-14-15-16-20-30(21-17-24(2)27(31)32,22-18-25(3)28(33)34)23-19-26(4)29(35)36/h24-26H,5-23H2,1-4H3,(H2-,31,32,33,34,35,36). The van der Waals surface area contributed by atoms with Crippen LogP contribution in [-0.4, -0.2) is 58.8 Å². The Labute approximate surface area is 220 Å². The lowest BCUT2D eigenvalue weighted by atomic mass is 10.0. The van der Waals surface area contributed by atoms with Gasteiger partial charge in [0, 0.05) is 31.1 Å². The number of rotatable bonds is 25. The summed E-state index contributed by atoms with van der Waals surface area (Å²) in [6.45, 7) is 9.96. The third-order valence-corrected chi connectivity index (χ3v) is 7.84. The lowest BCUT2D eigenvalue weighted by molar-refractivity contribution is -0.929. The van der Waals surface area contributed by atoms with E-state index in [1.807, 2.05) is 0 Å². The fraction of sp³-hybridized carbons (Fsp3) is 0.897. The van der Waals surface area contributed by atoms with Crippen molar-refractivity contribution in [2.45, 2.75) is 124 Å². The summed E-state index contributed by atoms with van der Waals surface area (Å²) in [5, 5.41) is 30.1. The van der Waals surface area contributed by atoms with Crippen molar-refractivity contribution < 1.29 is 34.2 Å². The van der Waals surface area contributed by atoms with Crippen LogP contribution in [0, 0.1) is 17.8 Å². The highest BCUT2D eigenvalue weighted by Gasteiger charge is 2.30. The van der Waals surface area contributed by atoms with Crippen molar-refractivity contribution >= 4 is 17.9 Å². The van der Waals surface area contributed by atoms with Crippen LogP contribution in [0.4, 0.5) is 0 Å². The molecule has 0 saturated heterocycles. The highest BCUT2D eigenvalue weighted by molar-refractivity contribution is 5.69. The van der Waals surface area contributed by atoms with Gasteiger partial charge in [-0.15, -0.1) is 0 Å². The molecule has 0 saturated carbocycles. The van der Waals surface area contributed by atoms with E-state index in [4.69, 9.17) is 0 Å². The van der Waals surface area contributed by atoms with Crippen molar-refractivity contribution in [3.8, 4) is 0 Å². The predicted molar refractivity (Wildman–Crippen MR) is 142 cm³/mol. The fourth-order valence-corrected chi connectivity index (χ4v) is 4.73. The van der Waals surface area contributed by atoms with Crippen LogP contribution in [0.3, 0.4) is 0 Å². The zero-order valence-corrected chi connectivity index (χ0v) is 23.6. The van der Waals surface area contributed by atoms with Crippen molar-refractivity contribution in [2.24, 2.45) is 17.8 Å². The first kappa shape index (κ1) is 34.4. The second-order valence-electron chi connectivity index (χ2n) is 11.2. The molecular weight excluding hydrogens is 458 g/mol. The highest BCUT2D eigenvalue weighted by atomic mass is 16.4. The summed E-state index contributed by atoms with van der Waals surface area (Å²) in [5.74, 6) is -4.30. The van der Waals surface area contributed by atoms with Crippen molar-refractivity contribution in [3.05, 3.63) is 0 Å². The SMILES string of the molecule is CCCCCCCCCCCCCC[N+](CCC(C)C(=O)[O-])(CCC(C)C(=O)O)CCC(C)C(=O)O. The Kier molecular flexibility index (Phi) is 19.5. The normalized spacial score (nSPS) is 15.7. The van der Waals surface area contributed by atoms with E-state index in [1.54, 1.807) is 20.8 Å². The van der Waals surface area contributed by atoms with Gasteiger partial charge in [0.05, 0.1) is 38.0 Å². The largest absolute Gasteiger partial charge is 0.550 e. The van der Waals surface area contributed by atoms with Gasteiger partial charge in [0.2, 0.25) is 0 Å². The topological polar surface area (TPSA) is 115 Å². The molecule has 7 nitrogen and oxygen atoms in total. The van der Waals surface area contributed by atoms with Gasteiger partial charge in [0.25, 0.3) is 0 Å². The maximum atomic E-state index is 11.4. The molecule has 0 aliphatic rings. The van der Waals surface area contributed by atoms with E-state index in [0.29, 0.717) is 43.4 Å². The number of carboxylic acid groups (broad SMARTS) is 3. The molecule has 0 aliphatic carbocycles. The third-order valence-electron chi connectivity index (χ3n) is 7.84. The molecule has 0 rings (SSSR count). The van der Waals surface area contributed by atoms with E-state index in [-0.39, 0.29) is 0 Å². The zero-order valence-electron chi connectivity index (χ0n) is 23.6. The van der Waals surface area contributed by atoms with Crippen LogP contribution in [0.25, 0.3) is 0 Å². The Morgan fingerprint density at radius 3 is 1.25 bits per heavy atom. The Balaban J connectivity index is 4.88. The van der Waals surface area contributed by atoms with Gasteiger partial charge >= 0.3 is 11.9 Å². The summed E-state index contributed by atoms with van der Waals surface area (Å²) in [6.07, 6.45) is 16.5. The van der Waals surface area contributed by atoms with Crippen LogP contribution >= 0.6 is 0 Å². The Bertz CT molecular complexity index is 549. The minimum Gasteiger partial charge on any atom is -0.550 e. The van der Waals surface area contributed by atoms with E-state index >= 15 is 0 Å². The van der Waals surface area contributed by atoms with E-state index in [9.17, 15) is 29.7 Å². The molecule has 3 atom stereocenters. The fourth-order valence-electron chi connectivity index (χ4n) is 4.73. The molecule has 0 amide bonds. The van der Waals surface area contributed by atoms with Crippen molar-refractivity contribution in [2.75, 3.05) is 26.2 Å². The molecule has 7 heteroatoms. The quantitative estimate of drug-likeness (QED) is 0.123. The third kappa shape index (κ3) is 16.9. The van der Waals surface area contributed by atoms with Crippen LogP contribution in [0.1, 0.15) is 124 Å². The number of carbonyl (C=O) groups excluding carboxylic acids is 1. The number of quaternary nitrogens is 1. The van der Waals surface area contributed by atoms with E-state index < -0.39 is 35.7 Å². The van der Waals surface area contributed by atoms with Crippen LogP contribution in [-0.2, 0) is 14.4 Å². The van der Waals surface area contributed by atoms with Crippen LogP contribution in [0.5, 0.6) is 0 Å². The molecule has 36 heavy (non-hydrogen) atoms. The molecule has 0 spiro atoms. The van der Waals surface area contributed by atoms with Crippen LogP contribution < -0.4 is 5.11 Å². The number of unbranched alkanes of at least 4 members (excludes halogenated alkanes) is 11. The molecule has 2 N–H and O–H groups in total. The van der Waals surface area contributed by atoms with Crippen molar-refractivity contribution in [1.29, 1.82) is 0 Å². The van der Waals surface area contributed by atoms with Gasteiger partial charge < -0.3 is 24.6 Å². The first-order valence-electron chi connectivity index (χ1n) is 14.6. The number of carbonyl (C=O) groups is 3. The molecule has 0 aliphatic heterocycles. The molecule has 0 heterocycles. The summed E-state index contributed by atoms with van der Waals surface area (Å²) < 4.78 is 0.588. The minimum absolute atomic E-state index is 0.448. The molecule has 0 aromatic heterocycles. The number of nitrogens with zero attached hydrogens (tertiary/aromatic N) is 1. The van der Waals surface area contributed by atoms with Crippen LogP contribution in [0.2, 0.25) is 0 Å². The maximum absolute atomic E-state index is 11.4. The number of carboxylic acids is 3. The van der Waals surface area contributed by atoms with E-state index in [0.717, 1.165) is 19.4 Å². The molecule has 212 valence electrons. The van der Waals surface area contributed by atoms with Gasteiger partial charge in [-0.25, -0.2) is 0 Å². The Morgan fingerprint density at radius 2 is 0.917 bits per heavy atom. The molecule has 0 aromatic carbocycles. The van der Waals surface area contributed by atoms with Gasteiger partial charge in [-0.05, 0) is 12.8 Å². The van der Waals surface area contributed by atoms with Gasteiger partial charge in [-0.3, -0.25) is 9.59 Å². The minimum atomic E-state index is -1.07. The first-order chi connectivity index (χ1) is 17.0. The predicted octanol–water partition coefficient (Wildman–Crippen LogP) is 5.50. The van der Waals surface area contributed by atoms with E-state index in [2.05, 4.69) is 6.92 Å². The van der Waals surface area contributed by atoms with Gasteiger partial charge in [0.15, 0.2) is 0 Å². The summed E-state index contributed by atoms with van der Waals surface area (Å²) >= 11 is 0. The molecule has 0 fully saturated rings. The smallest absolute Gasteiger partial charge is 0.306 e. The lowest BCUT2D eigenvalue weighted by Crippen LogP contribution is -2.52. The summed E-state index contributed by atoms with van der Waals surface area (Å²) in [4.78, 5) is 34.2. The number of aliphatic carboxylic acids is 3. The van der Waals surface area contributed by atoms with Gasteiger partial charge in [0.1, 0.15) is 0 Å². The monoisotopic (exact) mass is 513 g/mol. The second-order valence-corrected chi connectivity index (χ2v) is 11.2. The van der Waals surface area contributed by atoms with Crippen molar-refractivity contribution in [1.82, 2.24) is 0 Å². The van der Waals surface area contributed by atoms with Crippen LogP contribution in [0.15, 0.2) is 0 Å². The average Bonchev–Trinajstić information content (AvgIpc) is 2.84. The van der Waals surface area contributed by atoms with Crippen molar-refractivity contribution in [3.63, 3.8) is 0 Å². The number of hydrogen-bond acceptors (Lipinski definition) is 4.